The van der Waals surface area contributed by atoms with Crippen LogP contribution in [0.5, 0.6) is 0 Å². The number of hydrogen-bond donors (Lipinski definition) is 1. The van der Waals surface area contributed by atoms with Crippen LogP contribution in [0.3, 0.4) is 0 Å². The Balaban J connectivity index is 2.42. The first kappa shape index (κ1) is 16.5. The molecule has 0 amide bonds. The van der Waals surface area contributed by atoms with E-state index >= 15 is 0 Å². The third-order valence-corrected chi connectivity index (χ3v) is 5.69. The molecule has 1 saturated heterocycles. The third kappa shape index (κ3) is 3.31. The van der Waals surface area contributed by atoms with E-state index in [0.717, 1.165) is 18.9 Å². The minimum atomic E-state index is -3.94. The van der Waals surface area contributed by atoms with E-state index in [2.05, 4.69) is 0 Å². The molecular weight excluding hydrogens is 317 g/mol. The minimum Gasteiger partial charge on any atom is -0.396 e. The molecule has 0 aromatic heterocycles. The molecule has 1 heterocycles. The SMILES string of the molecule is CN(C)CC1CCCN1S(=O)(=O)c1cc(Cl)cc(N)c1F. The van der Waals surface area contributed by atoms with Gasteiger partial charge in [-0.25, -0.2) is 12.8 Å². The second kappa shape index (κ2) is 6.08. The van der Waals surface area contributed by atoms with Crippen LogP contribution in [0.25, 0.3) is 0 Å². The average Bonchev–Trinajstić information content (AvgIpc) is 2.81. The van der Waals surface area contributed by atoms with E-state index in [4.69, 9.17) is 17.3 Å². The van der Waals surface area contributed by atoms with E-state index in [9.17, 15) is 12.8 Å². The number of nitrogens with two attached hydrogens (primary N) is 1. The first-order chi connectivity index (χ1) is 9.73. The zero-order chi connectivity index (χ0) is 15.8. The number of sulfonamides is 1. The summed E-state index contributed by atoms with van der Waals surface area (Å²) < 4.78 is 40.9. The first-order valence-corrected chi connectivity index (χ1v) is 8.46. The van der Waals surface area contributed by atoms with Gasteiger partial charge >= 0.3 is 0 Å². The Hall–Kier alpha value is -0.890. The highest BCUT2D eigenvalue weighted by molar-refractivity contribution is 7.89. The van der Waals surface area contributed by atoms with Gasteiger partial charge in [0.05, 0.1) is 5.69 Å². The largest absolute Gasteiger partial charge is 0.396 e. The van der Waals surface area contributed by atoms with Crippen LogP contribution >= 0.6 is 11.6 Å². The lowest BCUT2D eigenvalue weighted by Crippen LogP contribution is -2.41. The summed E-state index contributed by atoms with van der Waals surface area (Å²) in [5.74, 6) is -0.935. The highest BCUT2D eigenvalue weighted by Gasteiger charge is 2.37. The van der Waals surface area contributed by atoms with Crippen molar-refractivity contribution in [2.45, 2.75) is 23.8 Å². The number of nitrogen functional groups attached to an aromatic ring is 1. The summed E-state index contributed by atoms with van der Waals surface area (Å²) in [5, 5.41) is 0.107. The summed E-state index contributed by atoms with van der Waals surface area (Å²) in [7, 11) is -0.190. The lowest BCUT2D eigenvalue weighted by atomic mass is 10.2. The van der Waals surface area contributed by atoms with Gasteiger partial charge in [0.25, 0.3) is 0 Å². The molecule has 0 aliphatic carbocycles. The molecule has 21 heavy (non-hydrogen) atoms. The van der Waals surface area contributed by atoms with Crippen LogP contribution in [0.2, 0.25) is 5.02 Å². The molecule has 0 saturated carbocycles. The normalized spacial score (nSPS) is 20.3. The predicted octanol–water partition coefficient (Wildman–Crippen LogP) is 1.78. The average molecular weight is 336 g/mol. The van der Waals surface area contributed by atoms with Crippen LogP contribution in [0, 0.1) is 5.82 Å². The van der Waals surface area contributed by atoms with Crippen LogP contribution in [0.1, 0.15) is 12.8 Å². The van der Waals surface area contributed by atoms with E-state index in [0.29, 0.717) is 13.1 Å². The van der Waals surface area contributed by atoms with Gasteiger partial charge in [-0.3, -0.25) is 0 Å². The van der Waals surface area contributed by atoms with Crippen molar-refractivity contribution in [3.8, 4) is 0 Å². The summed E-state index contributed by atoms with van der Waals surface area (Å²) in [6, 6.07) is 2.16. The van der Waals surface area contributed by atoms with Gasteiger partial charge in [0.15, 0.2) is 5.82 Å². The smallest absolute Gasteiger partial charge is 0.246 e. The molecule has 0 spiro atoms. The van der Waals surface area contributed by atoms with Gasteiger partial charge in [0.2, 0.25) is 10.0 Å². The predicted molar refractivity (Wildman–Crippen MR) is 81.3 cm³/mol. The molecule has 2 rings (SSSR count). The fourth-order valence-corrected chi connectivity index (χ4v) is 4.73. The fraction of sp³-hybridized carbons (Fsp3) is 0.538. The monoisotopic (exact) mass is 335 g/mol. The van der Waals surface area contributed by atoms with E-state index < -0.39 is 20.7 Å². The van der Waals surface area contributed by atoms with Crippen molar-refractivity contribution in [1.29, 1.82) is 0 Å². The van der Waals surface area contributed by atoms with Gasteiger partial charge in [-0.05, 0) is 39.1 Å². The number of hydrogen-bond acceptors (Lipinski definition) is 4. The van der Waals surface area contributed by atoms with Crippen LogP contribution in [0.4, 0.5) is 10.1 Å². The van der Waals surface area contributed by atoms with Gasteiger partial charge < -0.3 is 10.6 Å². The first-order valence-electron chi connectivity index (χ1n) is 6.64. The number of nitrogens with zero attached hydrogens (tertiary/aromatic N) is 2. The van der Waals surface area contributed by atoms with E-state index in [1.54, 1.807) is 0 Å². The maximum atomic E-state index is 14.1. The van der Waals surface area contributed by atoms with Crippen molar-refractivity contribution in [2.24, 2.45) is 0 Å². The van der Waals surface area contributed by atoms with Gasteiger partial charge in [0.1, 0.15) is 4.90 Å². The maximum Gasteiger partial charge on any atom is 0.246 e. The molecule has 0 bridgehead atoms. The summed E-state index contributed by atoms with van der Waals surface area (Å²) in [4.78, 5) is 1.47. The minimum absolute atomic E-state index is 0.107. The van der Waals surface area contributed by atoms with Gasteiger partial charge in [-0.1, -0.05) is 11.6 Å². The molecule has 2 N–H and O–H groups in total. The topological polar surface area (TPSA) is 66.6 Å². The molecule has 118 valence electrons. The second-order valence-electron chi connectivity index (χ2n) is 5.48. The van der Waals surface area contributed by atoms with Crippen molar-refractivity contribution >= 4 is 27.3 Å². The molecule has 1 aromatic carbocycles. The van der Waals surface area contributed by atoms with Crippen molar-refractivity contribution in [2.75, 3.05) is 32.9 Å². The van der Waals surface area contributed by atoms with Crippen LogP contribution in [0.15, 0.2) is 17.0 Å². The standard InChI is InChI=1S/C13H19ClFN3O2S/c1-17(2)8-10-4-3-5-18(10)21(19,20)12-7-9(14)6-11(16)13(12)15/h6-7,10H,3-5,8,16H2,1-2H3. The van der Waals surface area contributed by atoms with Crippen LogP contribution < -0.4 is 5.73 Å². The fourth-order valence-electron chi connectivity index (χ4n) is 2.63. The molecule has 1 aromatic rings. The molecule has 8 heteroatoms. The number of halogens is 2. The molecular formula is C13H19ClFN3O2S. The molecule has 1 atom stereocenters. The summed E-state index contributed by atoms with van der Waals surface area (Å²) in [6.07, 6.45) is 1.52. The Morgan fingerprint density at radius 2 is 2.14 bits per heavy atom. The van der Waals surface area contributed by atoms with Crippen LogP contribution in [-0.4, -0.2) is 50.8 Å². The van der Waals surface area contributed by atoms with E-state index in [-0.39, 0.29) is 16.8 Å². The molecule has 1 unspecified atom stereocenters. The van der Waals surface area contributed by atoms with E-state index in [1.807, 2.05) is 19.0 Å². The van der Waals surface area contributed by atoms with Gasteiger partial charge in [0, 0.05) is 24.2 Å². The number of anilines is 1. The van der Waals surface area contributed by atoms with E-state index in [1.165, 1.54) is 10.4 Å². The Morgan fingerprint density at radius 3 is 2.76 bits per heavy atom. The summed E-state index contributed by atoms with van der Waals surface area (Å²) >= 11 is 5.82. The second-order valence-corrected chi connectivity index (χ2v) is 7.78. The molecule has 1 aliphatic heterocycles. The van der Waals surface area contributed by atoms with Gasteiger partial charge in [-0.15, -0.1) is 0 Å². The highest BCUT2D eigenvalue weighted by atomic mass is 35.5. The van der Waals surface area contributed by atoms with Crippen molar-refractivity contribution in [3.05, 3.63) is 23.0 Å². The molecule has 0 radical (unpaired) electrons. The van der Waals surface area contributed by atoms with Crippen molar-refractivity contribution in [3.63, 3.8) is 0 Å². The highest BCUT2D eigenvalue weighted by Crippen LogP contribution is 2.31. The van der Waals surface area contributed by atoms with Crippen LogP contribution in [-0.2, 0) is 10.0 Å². The lowest BCUT2D eigenvalue weighted by molar-refractivity contribution is 0.290. The zero-order valence-electron chi connectivity index (χ0n) is 12.0. The van der Waals surface area contributed by atoms with Crippen molar-refractivity contribution in [1.82, 2.24) is 9.21 Å². The van der Waals surface area contributed by atoms with Crippen molar-refractivity contribution < 1.29 is 12.8 Å². The van der Waals surface area contributed by atoms with Gasteiger partial charge in [-0.2, -0.15) is 4.31 Å². The Labute approximate surface area is 129 Å². The molecule has 1 aliphatic rings. The molecule has 5 nitrogen and oxygen atoms in total. The third-order valence-electron chi connectivity index (χ3n) is 3.52. The summed E-state index contributed by atoms with van der Waals surface area (Å²) in [5.41, 5.74) is 5.22. The molecule has 1 fully saturated rings. The quantitative estimate of drug-likeness (QED) is 0.852. The Kier molecular flexibility index (Phi) is 4.77. The Bertz CT molecular complexity index is 637. The summed E-state index contributed by atoms with van der Waals surface area (Å²) in [6.45, 7) is 0.976. The number of rotatable bonds is 4. The lowest BCUT2D eigenvalue weighted by Gasteiger charge is -2.26. The number of benzene rings is 1. The Morgan fingerprint density at radius 1 is 1.48 bits per heavy atom. The number of likely N-dealkylation sites (N-methyl/N-ethyl adjacent to an activating group) is 1. The maximum absolute atomic E-state index is 14.1. The zero-order valence-corrected chi connectivity index (χ0v) is 13.6.